The lowest BCUT2D eigenvalue weighted by Crippen LogP contribution is -2.19. The number of benzene rings is 1. The maximum absolute atomic E-state index is 11.9. The van der Waals surface area contributed by atoms with Gasteiger partial charge in [0.05, 0.1) is 0 Å². The number of rotatable bonds is 5. The first kappa shape index (κ1) is 13.3. The Bertz CT molecular complexity index is 373. The van der Waals surface area contributed by atoms with E-state index in [4.69, 9.17) is 5.73 Å². The van der Waals surface area contributed by atoms with Gasteiger partial charge in [-0.15, -0.1) is 0 Å². The van der Waals surface area contributed by atoms with Crippen molar-refractivity contribution in [3.05, 3.63) is 29.8 Å². The first-order chi connectivity index (χ1) is 7.87. The SMILES string of the molecule is NC(=O)CCc1ccc(OCC(F)(F)F)cc1. The predicted octanol–water partition coefficient (Wildman–Crippen LogP) is 2.05. The first-order valence-electron chi connectivity index (χ1n) is 4.93. The zero-order valence-electron chi connectivity index (χ0n) is 8.96. The molecule has 3 nitrogen and oxygen atoms in total. The van der Waals surface area contributed by atoms with E-state index in [0.29, 0.717) is 6.42 Å². The fraction of sp³-hybridized carbons (Fsp3) is 0.364. The van der Waals surface area contributed by atoms with Gasteiger partial charge in [0.2, 0.25) is 5.91 Å². The number of primary amides is 1. The lowest BCUT2D eigenvalue weighted by Gasteiger charge is -2.09. The molecule has 0 radical (unpaired) electrons. The number of ether oxygens (including phenoxy) is 1. The van der Waals surface area contributed by atoms with Crippen molar-refractivity contribution < 1.29 is 22.7 Å². The molecule has 6 heteroatoms. The first-order valence-corrected chi connectivity index (χ1v) is 4.93. The molecule has 94 valence electrons. The molecule has 1 aromatic carbocycles. The van der Waals surface area contributed by atoms with Crippen molar-refractivity contribution in [2.45, 2.75) is 19.0 Å². The number of amides is 1. The fourth-order valence-corrected chi connectivity index (χ4v) is 1.19. The number of nitrogens with two attached hydrogens (primary N) is 1. The number of aryl methyl sites for hydroxylation is 1. The zero-order chi connectivity index (χ0) is 12.9. The minimum absolute atomic E-state index is 0.144. The number of alkyl halides is 3. The molecule has 0 atom stereocenters. The second kappa shape index (κ2) is 5.56. The minimum atomic E-state index is -4.34. The lowest BCUT2D eigenvalue weighted by molar-refractivity contribution is -0.153. The van der Waals surface area contributed by atoms with Crippen LogP contribution >= 0.6 is 0 Å². The van der Waals surface area contributed by atoms with E-state index in [9.17, 15) is 18.0 Å². The highest BCUT2D eigenvalue weighted by molar-refractivity contribution is 5.73. The normalized spacial score (nSPS) is 11.2. The molecule has 0 unspecified atom stereocenters. The third kappa shape index (κ3) is 5.79. The Morgan fingerprint density at radius 2 is 1.82 bits per heavy atom. The van der Waals surface area contributed by atoms with Crippen LogP contribution in [0.15, 0.2) is 24.3 Å². The van der Waals surface area contributed by atoms with Gasteiger partial charge in [0.15, 0.2) is 6.61 Å². The Morgan fingerprint density at radius 1 is 1.24 bits per heavy atom. The van der Waals surface area contributed by atoms with Crippen LogP contribution in [0, 0.1) is 0 Å². The Kier molecular flexibility index (Phi) is 4.37. The monoisotopic (exact) mass is 247 g/mol. The van der Waals surface area contributed by atoms with Gasteiger partial charge in [0, 0.05) is 6.42 Å². The average Bonchev–Trinajstić information content (AvgIpc) is 2.24. The molecular formula is C11H12F3NO2. The van der Waals surface area contributed by atoms with Crippen molar-refractivity contribution in [2.75, 3.05) is 6.61 Å². The van der Waals surface area contributed by atoms with Crippen LogP contribution in [0.25, 0.3) is 0 Å². The molecule has 0 saturated carbocycles. The third-order valence-corrected chi connectivity index (χ3v) is 1.99. The summed E-state index contributed by atoms with van der Waals surface area (Å²) in [7, 11) is 0. The topological polar surface area (TPSA) is 52.3 Å². The number of hydrogen-bond acceptors (Lipinski definition) is 2. The van der Waals surface area contributed by atoms with E-state index in [1.165, 1.54) is 12.1 Å². The highest BCUT2D eigenvalue weighted by Crippen LogP contribution is 2.19. The average molecular weight is 247 g/mol. The summed E-state index contributed by atoms with van der Waals surface area (Å²) < 4.78 is 40.1. The van der Waals surface area contributed by atoms with Gasteiger partial charge in [-0.25, -0.2) is 0 Å². The molecule has 0 saturated heterocycles. The molecule has 0 spiro atoms. The van der Waals surface area contributed by atoms with E-state index in [2.05, 4.69) is 4.74 Å². The number of carbonyl (C=O) groups is 1. The summed E-state index contributed by atoms with van der Waals surface area (Å²) in [6.45, 7) is -1.31. The number of halogens is 3. The maximum atomic E-state index is 11.9. The van der Waals surface area contributed by atoms with Gasteiger partial charge in [-0.1, -0.05) is 12.1 Å². The quantitative estimate of drug-likeness (QED) is 0.865. The second-order valence-corrected chi connectivity index (χ2v) is 3.51. The summed E-state index contributed by atoms with van der Waals surface area (Å²) in [5.74, 6) is -0.271. The van der Waals surface area contributed by atoms with Gasteiger partial charge in [-0.05, 0) is 24.1 Å². The fourth-order valence-electron chi connectivity index (χ4n) is 1.19. The van der Waals surface area contributed by atoms with Gasteiger partial charge >= 0.3 is 6.18 Å². The Balaban J connectivity index is 2.47. The van der Waals surface area contributed by atoms with Crippen molar-refractivity contribution in [3.63, 3.8) is 0 Å². The third-order valence-electron chi connectivity index (χ3n) is 1.99. The number of hydrogen-bond donors (Lipinski definition) is 1. The smallest absolute Gasteiger partial charge is 0.422 e. The van der Waals surface area contributed by atoms with E-state index in [-0.39, 0.29) is 12.2 Å². The van der Waals surface area contributed by atoms with Gasteiger partial charge in [0.25, 0.3) is 0 Å². The van der Waals surface area contributed by atoms with Crippen molar-refractivity contribution in [2.24, 2.45) is 5.73 Å². The molecule has 0 aliphatic carbocycles. The summed E-state index contributed by atoms with van der Waals surface area (Å²) in [5, 5.41) is 0. The summed E-state index contributed by atoms with van der Waals surface area (Å²) in [4.78, 5) is 10.5. The molecule has 1 amide bonds. The number of carbonyl (C=O) groups excluding carboxylic acids is 1. The van der Waals surface area contributed by atoms with Crippen LogP contribution in [-0.4, -0.2) is 18.7 Å². The summed E-state index contributed by atoms with van der Waals surface area (Å²) >= 11 is 0. The van der Waals surface area contributed by atoms with Crippen molar-refractivity contribution in [3.8, 4) is 5.75 Å². The largest absolute Gasteiger partial charge is 0.484 e. The zero-order valence-corrected chi connectivity index (χ0v) is 8.96. The summed E-state index contributed by atoms with van der Waals surface area (Å²) in [6.07, 6.45) is -3.66. The molecule has 17 heavy (non-hydrogen) atoms. The molecule has 0 heterocycles. The Hall–Kier alpha value is -1.72. The van der Waals surface area contributed by atoms with Crippen molar-refractivity contribution >= 4 is 5.91 Å². The van der Waals surface area contributed by atoms with Gasteiger partial charge in [-0.3, -0.25) is 4.79 Å². The molecule has 2 N–H and O–H groups in total. The van der Waals surface area contributed by atoms with Crippen LogP contribution in [0.2, 0.25) is 0 Å². The van der Waals surface area contributed by atoms with Crippen LogP contribution in [0.5, 0.6) is 5.75 Å². The molecule has 1 aromatic rings. The highest BCUT2D eigenvalue weighted by Gasteiger charge is 2.28. The van der Waals surface area contributed by atoms with E-state index in [0.717, 1.165) is 5.56 Å². The van der Waals surface area contributed by atoms with E-state index in [1.807, 2.05) is 0 Å². The highest BCUT2D eigenvalue weighted by atomic mass is 19.4. The predicted molar refractivity (Wildman–Crippen MR) is 55.5 cm³/mol. The lowest BCUT2D eigenvalue weighted by atomic mass is 10.1. The van der Waals surface area contributed by atoms with Gasteiger partial charge in [0.1, 0.15) is 5.75 Å². The Labute approximate surface area is 96.4 Å². The minimum Gasteiger partial charge on any atom is -0.484 e. The van der Waals surface area contributed by atoms with Crippen molar-refractivity contribution in [1.82, 2.24) is 0 Å². The van der Waals surface area contributed by atoms with Crippen LogP contribution in [-0.2, 0) is 11.2 Å². The van der Waals surface area contributed by atoms with Gasteiger partial charge < -0.3 is 10.5 Å². The maximum Gasteiger partial charge on any atom is 0.422 e. The van der Waals surface area contributed by atoms with E-state index < -0.39 is 18.7 Å². The second-order valence-electron chi connectivity index (χ2n) is 3.51. The molecule has 0 bridgehead atoms. The standard InChI is InChI=1S/C11H12F3NO2/c12-11(13,14)7-17-9-4-1-8(2-5-9)3-6-10(15)16/h1-2,4-5H,3,6-7H2,(H2,15,16). The van der Waals surface area contributed by atoms with E-state index >= 15 is 0 Å². The molecule has 0 aliphatic rings. The molecule has 0 aliphatic heterocycles. The summed E-state index contributed by atoms with van der Waals surface area (Å²) in [6, 6.07) is 6.08. The Morgan fingerprint density at radius 3 is 2.29 bits per heavy atom. The van der Waals surface area contributed by atoms with Crippen molar-refractivity contribution in [1.29, 1.82) is 0 Å². The van der Waals surface area contributed by atoms with Crippen LogP contribution in [0.3, 0.4) is 0 Å². The summed E-state index contributed by atoms with van der Waals surface area (Å²) in [5.41, 5.74) is 5.80. The molecule has 0 aromatic heterocycles. The van der Waals surface area contributed by atoms with Crippen LogP contribution in [0.4, 0.5) is 13.2 Å². The van der Waals surface area contributed by atoms with Crippen LogP contribution < -0.4 is 10.5 Å². The van der Waals surface area contributed by atoms with E-state index in [1.54, 1.807) is 12.1 Å². The molecule has 0 fully saturated rings. The molecular weight excluding hydrogens is 235 g/mol. The van der Waals surface area contributed by atoms with Gasteiger partial charge in [-0.2, -0.15) is 13.2 Å². The van der Waals surface area contributed by atoms with Crippen LogP contribution in [0.1, 0.15) is 12.0 Å². The molecule has 1 rings (SSSR count).